The van der Waals surface area contributed by atoms with Gasteiger partial charge in [0.25, 0.3) is 11.7 Å². The number of fused-ring (bicyclic) bond motifs is 3. The monoisotopic (exact) mass is 886 g/mol. The standard InChI is InChI=1S/C49H75NO13/c1-28-14-10-9-11-15-29(2)39(52)26-36-19-17-34(7)49(60,63-36)46(57)47(58)50-21-13-12-16-37(50)48(59)62-41(31(4)24-35-18-20-38(51)42(25-35)61-8)27-40(53)30(3)23-33(6)44(55)45(56)43(54)32(5)22-28/h9-11,14-15,23,28,30-32,34-39,41-42,44-45,51-52,55-56,60H,12-13,16-22,24-27H2,1-8H3/b11-9+,14-10-,29-15+,33-23+/t28-,30-,31-,32-,34-,35+,36+,37+,38-,39+,41+,42-,44-,45+,49-/m1/s1. The highest BCUT2D eigenvalue weighted by atomic mass is 16.6. The predicted molar refractivity (Wildman–Crippen MR) is 236 cm³/mol. The minimum atomic E-state index is -2.49. The van der Waals surface area contributed by atoms with Gasteiger partial charge in [0.15, 0.2) is 5.78 Å². The third-order valence-corrected chi connectivity index (χ3v) is 14.0. The summed E-state index contributed by atoms with van der Waals surface area (Å²) in [5.74, 6) is -8.87. The first-order chi connectivity index (χ1) is 29.7. The molecule has 4 rings (SSSR count). The van der Waals surface area contributed by atoms with Crippen LogP contribution in [0, 0.1) is 35.5 Å². The number of hydrogen-bond acceptors (Lipinski definition) is 13. The highest BCUT2D eigenvalue weighted by molar-refractivity contribution is 6.39. The summed E-state index contributed by atoms with van der Waals surface area (Å²) in [5, 5.41) is 55.4. The van der Waals surface area contributed by atoms with Gasteiger partial charge in [0.05, 0.1) is 24.4 Å². The molecule has 2 saturated heterocycles. The van der Waals surface area contributed by atoms with E-state index in [1.807, 2.05) is 26.0 Å². The summed E-state index contributed by atoms with van der Waals surface area (Å²) >= 11 is 0. The first-order valence-electron chi connectivity index (χ1n) is 23.2. The van der Waals surface area contributed by atoms with Crippen molar-refractivity contribution in [1.29, 1.82) is 0 Å². The van der Waals surface area contributed by atoms with Crippen molar-refractivity contribution in [2.45, 2.75) is 180 Å². The number of amides is 1. The highest BCUT2D eigenvalue weighted by Crippen LogP contribution is 2.37. The topological polar surface area (TPSA) is 217 Å². The Kier molecular flexibility index (Phi) is 19.7. The maximum Gasteiger partial charge on any atom is 0.329 e. The number of allylic oxidation sites excluding steroid dienone is 6. The van der Waals surface area contributed by atoms with E-state index in [-0.39, 0.29) is 61.0 Å². The van der Waals surface area contributed by atoms with Gasteiger partial charge in [-0.3, -0.25) is 19.2 Å². The zero-order valence-electron chi connectivity index (χ0n) is 38.7. The van der Waals surface area contributed by atoms with E-state index in [0.717, 1.165) is 4.90 Å². The van der Waals surface area contributed by atoms with Crippen LogP contribution in [0.25, 0.3) is 0 Å². The van der Waals surface area contributed by atoms with Gasteiger partial charge in [0, 0.05) is 44.2 Å². The minimum absolute atomic E-state index is 0.0566. The van der Waals surface area contributed by atoms with E-state index in [2.05, 4.69) is 0 Å². The van der Waals surface area contributed by atoms with Gasteiger partial charge in [0.2, 0.25) is 5.79 Å². The van der Waals surface area contributed by atoms with E-state index < -0.39 is 89.6 Å². The molecule has 0 unspecified atom stereocenters. The molecule has 1 aliphatic carbocycles. The Bertz CT molecular complexity index is 1720. The lowest BCUT2D eigenvalue weighted by Crippen LogP contribution is -2.61. The number of piperidine rings is 1. The third kappa shape index (κ3) is 13.8. The number of methoxy groups -OCH3 is 1. The largest absolute Gasteiger partial charge is 0.460 e. The molecule has 3 aliphatic heterocycles. The van der Waals surface area contributed by atoms with E-state index in [0.29, 0.717) is 63.4 Å². The Balaban J connectivity index is 1.67. The lowest BCUT2D eigenvalue weighted by Gasteiger charge is -2.42. The normalized spacial score (nSPS) is 41.3. The summed E-state index contributed by atoms with van der Waals surface area (Å²) in [6.07, 6.45) is 8.19. The van der Waals surface area contributed by atoms with Gasteiger partial charge in [-0.1, -0.05) is 71.1 Å². The summed E-state index contributed by atoms with van der Waals surface area (Å²) in [7, 11) is 1.55. The number of ether oxygens (including phenoxy) is 3. The lowest BCUT2D eigenvalue weighted by molar-refractivity contribution is -0.265. The average molecular weight is 886 g/mol. The molecule has 354 valence electrons. The number of aliphatic hydroxyl groups is 5. The number of Topliss-reactive ketones (excluding diaryl/α,β-unsaturated/α-hetero) is 3. The first-order valence-corrected chi connectivity index (χ1v) is 23.2. The Hall–Kier alpha value is -3.37. The Morgan fingerprint density at radius 3 is 2.27 bits per heavy atom. The number of carbonyl (C=O) groups is 5. The van der Waals surface area contributed by atoms with Crippen LogP contribution in [0.1, 0.15) is 126 Å². The highest BCUT2D eigenvalue weighted by Gasteiger charge is 2.53. The Morgan fingerprint density at radius 1 is 0.857 bits per heavy atom. The maximum absolute atomic E-state index is 14.3. The zero-order valence-corrected chi connectivity index (χ0v) is 38.7. The van der Waals surface area contributed by atoms with E-state index in [9.17, 15) is 49.5 Å². The Labute approximate surface area is 373 Å². The molecular weight excluding hydrogens is 811 g/mol. The van der Waals surface area contributed by atoms with Crippen LogP contribution < -0.4 is 0 Å². The second-order valence-corrected chi connectivity index (χ2v) is 19.2. The van der Waals surface area contributed by atoms with Crippen LogP contribution in [0.5, 0.6) is 0 Å². The lowest BCUT2D eigenvalue weighted by atomic mass is 9.78. The fourth-order valence-electron chi connectivity index (χ4n) is 9.62. The first kappa shape index (κ1) is 52.3. The number of carbonyl (C=O) groups excluding carboxylic acids is 5. The van der Waals surface area contributed by atoms with E-state index in [1.165, 1.54) is 6.08 Å². The molecule has 1 saturated carbocycles. The number of ketones is 3. The van der Waals surface area contributed by atoms with Crippen molar-refractivity contribution in [2.75, 3.05) is 13.7 Å². The average Bonchev–Trinajstić information content (AvgIpc) is 3.25. The molecule has 3 fully saturated rings. The molecule has 3 heterocycles. The van der Waals surface area contributed by atoms with Crippen LogP contribution in [0.15, 0.2) is 47.6 Å². The molecule has 1 amide bonds. The molecule has 14 nitrogen and oxygen atoms in total. The number of hydrogen-bond donors (Lipinski definition) is 5. The van der Waals surface area contributed by atoms with Crippen molar-refractivity contribution in [1.82, 2.24) is 4.90 Å². The van der Waals surface area contributed by atoms with Gasteiger partial charge in [-0.25, -0.2) is 4.79 Å². The zero-order chi connectivity index (χ0) is 46.8. The van der Waals surface area contributed by atoms with Crippen LogP contribution in [-0.4, -0.2) is 128 Å². The van der Waals surface area contributed by atoms with Crippen molar-refractivity contribution in [3.05, 3.63) is 47.6 Å². The van der Waals surface area contributed by atoms with Crippen molar-refractivity contribution >= 4 is 29.2 Å². The van der Waals surface area contributed by atoms with E-state index in [4.69, 9.17) is 14.2 Å². The van der Waals surface area contributed by atoms with Gasteiger partial charge < -0.3 is 44.6 Å². The van der Waals surface area contributed by atoms with E-state index >= 15 is 0 Å². The quantitative estimate of drug-likeness (QED) is 0.145. The van der Waals surface area contributed by atoms with Crippen LogP contribution in [0.4, 0.5) is 0 Å². The Morgan fingerprint density at radius 2 is 1.57 bits per heavy atom. The van der Waals surface area contributed by atoms with Crippen molar-refractivity contribution in [2.24, 2.45) is 35.5 Å². The SMILES string of the molecule is CO[C@@H]1C[C@H](C[C@@H](C)[C@@H]2CC(=O)[C@H](C)/C=C(\C)[C@@H](O)[C@@H](O)C(=O)[C@H](C)C[C@H](C)\C=C/C=C/C=C(\C)[C@@H](O)C[C@@H]3CC[C@@H](C)[C@@](O)(O3)C(=O)C(=O)N3CCCC[C@H]3C(=O)O2)CC[C@H]1O. The molecular formula is C49H75NO13. The van der Waals surface area contributed by atoms with Crippen molar-refractivity contribution in [3.63, 3.8) is 0 Å². The summed E-state index contributed by atoms with van der Waals surface area (Å²) in [4.78, 5) is 70.9. The minimum Gasteiger partial charge on any atom is -0.460 e. The number of rotatable bonds is 4. The molecule has 0 aromatic rings. The predicted octanol–water partition coefficient (Wildman–Crippen LogP) is 4.87. The molecule has 0 aromatic heterocycles. The van der Waals surface area contributed by atoms with Gasteiger partial charge in [-0.2, -0.15) is 0 Å². The van der Waals surface area contributed by atoms with E-state index in [1.54, 1.807) is 60.0 Å². The molecule has 15 atom stereocenters. The van der Waals surface area contributed by atoms with Crippen LogP contribution in [-0.2, 0) is 38.2 Å². The fraction of sp³-hybridized carbons (Fsp3) is 0.735. The number of nitrogens with zero attached hydrogens (tertiary/aromatic N) is 1. The van der Waals surface area contributed by atoms with Crippen molar-refractivity contribution < 1.29 is 63.7 Å². The molecule has 4 aliphatic rings. The second-order valence-electron chi connectivity index (χ2n) is 19.2. The van der Waals surface area contributed by atoms with Crippen molar-refractivity contribution in [3.8, 4) is 0 Å². The summed E-state index contributed by atoms with van der Waals surface area (Å²) in [5.41, 5.74) is 0.841. The smallest absolute Gasteiger partial charge is 0.329 e. The molecule has 0 aromatic carbocycles. The van der Waals surface area contributed by atoms with Gasteiger partial charge in [-0.15, -0.1) is 0 Å². The van der Waals surface area contributed by atoms with Gasteiger partial charge in [0.1, 0.15) is 30.1 Å². The molecule has 5 N–H and O–H groups in total. The summed E-state index contributed by atoms with van der Waals surface area (Å²) < 4.78 is 17.7. The molecule has 2 bridgehead atoms. The molecule has 0 radical (unpaired) electrons. The molecule has 14 heteroatoms. The summed E-state index contributed by atoms with van der Waals surface area (Å²) in [6.45, 7) is 12.1. The molecule has 0 spiro atoms. The third-order valence-electron chi connectivity index (χ3n) is 14.0. The maximum atomic E-state index is 14.3. The number of aliphatic hydroxyl groups excluding tert-OH is 4. The molecule has 63 heavy (non-hydrogen) atoms. The van der Waals surface area contributed by atoms with Crippen LogP contribution in [0.2, 0.25) is 0 Å². The number of esters is 1. The fourth-order valence-corrected chi connectivity index (χ4v) is 9.62. The van der Waals surface area contributed by atoms with Gasteiger partial charge in [-0.05, 0) is 107 Å². The number of cyclic esters (lactones) is 1. The van der Waals surface area contributed by atoms with Gasteiger partial charge >= 0.3 is 5.97 Å². The second kappa shape index (κ2) is 23.7. The van der Waals surface area contributed by atoms with Crippen LogP contribution in [0.3, 0.4) is 0 Å². The summed E-state index contributed by atoms with van der Waals surface area (Å²) in [6, 6.07) is -1.17. The van der Waals surface area contributed by atoms with Crippen LogP contribution >= 0.6 is 0 Å².